The summed E-state index contributed by atoms with van der Waals surface area (Å²) in [6, 6.07) is 0. The van der Waals surface area contributed by atoms with Crippen molar-refractivity contribution >= 4 is 11.9 Å². The first kappa shape index (κ1) is 16.7. The molecule has 4 nitrogen and oxygen atoms in total. The van der Waals surface area contributed by atoms with Crippen LogP contribution in [0.3, 0.4) is 0 Å². The molecule has 0 aliphatic rings. The highest BCUT2D eigenvalue weighted by Crippen LogP contribution is 2.24. The fourth-order valence-electron chi connectivity index (χ4n) is 1.28. The van der Waals surface area contributed by atoms with E-state index in [-0.39, 0.29) is 17.9 Å². The number of carboxylic acid groups (broad SMARTS) is 1. The first-order valence-electron chi connectivity index (χ1n) is 6.30. The molecular formula is C14H25NO3. The Bertz CT molecular complexity index is 339. The lowest BCUT2D eigenvalue weighted by Gasteiger charge is -2.24. The Kier molecular flexibility index (Phi) is 6.09. The minimum Gasteiger partial charge on any atom is -0.481 e. The molecular weight excluding hydrogens is 230 g/mol. The molecule has 0 rings (SSSR count). The van der Waals surface area contributed by atoms with Crippen LogP contribution < -0.4 is 0 Å². The lowest BCUT2D eigenvalue weighted by atomic mass is 9.87. The number of aliphatic carboxylic acids is 1. The van der Waals surface area contributed by atoms with Crippen LogP contribution in [0.5, 0.6) is 0 Å². The van der Waals surface area contributed by atoms with Gasteiger partial charge in [-0.1, -0.05) is 33.3 Å². The standard InChI is InChI=1S/C14H25NO3/c1-7-15(9-10(2)13(17)18)12(16)8-11(3)14(4,5)6/h8,10H,7,9H2,1-6H3,(H,17,18). The number of carbonyl (C=O) groups excluding carboxylic acids is 1. The quantitative estimate of drug-likeness (QED) is 0.768. The number of likely N-dealkylation sites (N-methyl/N-ethyl adjacent to an activating group) is 1. The van der Waals surface area contributed by atoms with E-state index in [1.54, 1.807) is 17.9 Å². The summed E-state index contributed by atoms with van der Waals surface area (Å²) in [6.45, 7) is 12.3. The van der Waals surface area contributed by atoms with Gasteiger partial charge in [0.25, 0.3) is 0 Å². The lowest BCUT2D eigenvalue weighted by molar-refractivity contribution is -0.142. The third kappa shape index (κ3) is 5.34. The number of carbonyl (C=O) groups is 2. The minimum absolute atomic E-state index is 0.0481. The Labute approximate surface area is 110 Å². The Balaban J connectivity index is 4.79. The first-order valence-corrected chi connectivity index (χ1v) is 6.30. The van der Waals surface area contributed by atoms with Crippen LogP contribution in [0.1, 0.15) is 41.5 Å². The summed E-state index contributed by atoms with van der Waals surface area (Å²) in [5, 5.41) is 8.87. The van der Waals surface area contributed by atoms with E-state index in [0.717, 1.165) is 5.57 Å². The topological polar surface area (TPSA) is 57.6 Å². The molecule has 1 unspecified atom stereocenters. The largest absolute Gasteiger partial charge is 0.481 e. The van der Waals surface area contributed by atoms with Crippen LogP contribution in [0.25, 0.3) is 0 Å². The number of rotatable bonds is 5. The van der Waals surface area contributed by atoms with Gasteiger partial charge in [0.1, 0.15) is 0 Å². The molecule has 0 fully saturated rings. The number of nitrogens with zero attached hydrogens (tertiary/aromatic N) is 1. The molecule has 0 heterocycles. The molecule has 0 aliphatic heterocycles. The fraction of sp³-hybridized carbons (Fsp3) is 0.714. The van der Waals surface area contributed by atoms with Crippen molar-refractivity contribution in [2.24, 2.45) is 11.3 Å². The highest BCUT2D eigenvalue weighted by Gasteiger charge is 2.20. The molecule has 4 heteroatoms. The third-order valence-corrected chi connectivity index (χ3v) is 3.13. The molecule has 0 radical (unpaired) electrons. The van der Waals surface area contributed by atoms with E-state index in [4.69, 9.17) is 5.11 Å². The van der Waals surface area contributed by atoms with E-state index in [2.05, 4.69) is 0 Å². The number of amides is 1. The summed E-state index contributed by atoms with van der Waals surface area (Å²) in [6.07, 6.45) is 1.61. The summed E-state index contributed by atoms with van der Waals surface area (Å²) < 4.78 is 0. The van der Waals surface area contributed by atoms with Crippen molar-refractivity contribution in [2.75, 3.05) is 13.1 Å². The van der Waals surface area contributed by atoms with Gasteiger partial charge in [0.15, 0.2) is 0 Å². The van der Waals surface area contributed by atoms with Crippen LogP contribution in [-0.4, -0.2) is 35.0 Å². The number of carboxylic acids is 1. The van der Waals surface area contributed by atoms with Crippen LogP contribution in [-0.2, 0) is 9.59 Å². The van der Waals surface area contributed by atoms with Crippen molar-refractivity contribution in [2.45, 2.75) is 41.5 Å². The zero-order valence-electron chi connectivity index (χ0n) is 12.3. The van der Waals surface area contributed by atoms with Gasteiger partial charge in [-0.25, -0.2) is 0 Å². The summed E-state index contributed by atoms with van der Waals surface area (Å²) in [4.78, 5) is 24.4. The van der Waals surface area contributed by atoms with Gasteiger partial charge in [0, 0.05) is 19.2 Å². The molecule has 1 N–H and O–H groups in total. The van der Waals surface area contributed by atoms with Gasteiger partial charge in [-0.2, -0.15) is 0 Å². The maximum Gasteiger partial charge on any atom is 0.308 e. The third-order valence-electron chi connectivity index (χ3n) is 3.13. The average molecular weight is 255 g/mol. The molecule has 0 aromatic carbocycles. The molecule has 0 aliphatic carbocycles. The summed E-state index contributed by atoms with van der Waals surface area (Å²) >= 11 is 0. The van der Waals surface area contributed by atoms with E-state index >= 15 is 0 Å². The van der Waals surface area contributed by atoms with Crippen molar-refractivity contribution < 1.29 is 14.7 Å². The van der Waals surface area contributed by atoms with E-state index in [9.17, 15) is 9.59 Å². The maximum atomic E-state index is 12.0. The molecule has 0 saturated heterocycles. The fourth-order valence-corrected chi connectivity index (χ4v) is 1.28. The summed E-state index contributed by atoms with van der Waals surface area (Å²) in [5.74, 6) is -1.53. The summed E-state index contributed by atoms with van der Waals surface area (Å²) in [7, 11) is 0. The smallest absolute Gasteiger partial charge is 0.308 e. The second-order valence-electron chi connectivity index (χ2n) is 5.69. The average Bonchev–Trinajstić information content (AvgIpc) is 2.23. The molecule has 0 aromatic heterocycles. The lowest BCUT2D eigenvalue weighted by Crippen LogP contribution is -2.36. The molecule has 0 bridgehead atoms. The molecule has 1 atom stereocenters. The Morgan fingerprint density at radius 3 is 2.17 bits per heavy atom. The molecule has 104 valence electrons. The molecule has 18 heavy (non-hydrogen) atoms. The first-order chi connectivity index (χ1) is 8.09. The number of hydrogen-bond donors (Lipinski definition) is 1. The van der Waals surface area contributed by atoms with Gasteiger partial charge in [-0.05, 0) is 19.3 Å². The van der Waals surface area contributed by atoms with Crippen molar-refractivity contribution in [1.82, 2.24) is 4.90 Å². The van der Waals surface area contributed by atoms with Gasteiger partial charge in [0.2, 0.25) is 5.91 Å². The Morgan fingerprint density at radius 2 is 1.83 bits per heavy atom. The van der Waals surface area contributed by atoms with E-state index in [0.29, 0.717) is 6.54 Å². The maximum absolute atomic E-state index is 12.0. The van der Waals surface area contributed by atoms with Crippen molar-refractivity contribution in [3.63, 3.8) is 0 Å². The van der Waals surface area contributed by atoms with Crippen LogP contribution in [0, 0.1) is 11.3 Å². The monoisotopic (exact) mass is 255 g/mol. The predicted molar refractivity (Wildman–Crippen MR) is 72.3 cm³/mol. The van der Waals surface area contributed by atoms with Gasteiger partial charge < -0.3 is 10.0 Å². The van der Waals surface area contributed by atoms with Gasteiger partial charge >= 0.3 is 5.97 Å². The zero-order chi connectivity index (χ0) is 14.5. The van der Waals surface area contributed by atoms with Crippen LogP contribution in [0.4, 0.5) is 0 Å². The van der Waals surface area contributed by atoms with Gasteiger partial charge in [-0.3, -0.25) is 9.59 Å². The van der Waals surface area contributed by atoms with E-state index in [1.165, 1.54) is 0 Å². The highest BCUT2D eigenvalue weighted by atomic mass is 16.4. The zero-order valence-corrected chi connectivity index (χ0v) is 12.3. The van der Waals surface area contributed by atoms with E-state index in [1.807, 2.05) is 34.6 Å². The van der Waals surface area contributed by atoms with Crippen molar-refractivity contribution in [1.29, 1.82) is 0 Å². The Hall–Kier alpha value is -1.32. The number of hydrogen-bond acceptors (Lipinski definition) is 2. The molecule has 0 saturated carbocycles. The normalized spacial score (nSPS) is 14.2. The SMILES string of the molecule is CCN(CC(C)C(=O)O)C(=O)C=C(C)C(C)(C)C. The molecule has 0 spiro atoms. The second-order valence-corrected chi connectivity index (χ2v) is 5.69. The summed E-state index contributed by atoms with van der Waals surface area (Å²) in [5.41, 5.74) is 0.946. The van der Waals surface area contributed by atoms with Crippen molar-refractivity contribution in [3.8, 4) is 0 Å². The van der Waals surface area contributed by atoms with Gasteiger partial charge in [0.05, 0.1) is 5.92 Å². The Morgan fingerprint density at radius 1 is 1.33 bits per heavy atom. The van der Waals surface area contributed by atoms with Crippen LogP contribution in [0.2, 0.25) is 0 Å². The minimum atomic E-state index is -0.877. The molecule has 0 aromatic rings. The predicted octanol–water partition coefficient (Wildman–Crippen LogP) is 2.55. The van der Waals surface area contributed by atoms with Gasteiger partial charge in [-0.15, -0.1) is 0 Å². The van der Waals surface area contributed by atoms with Crippen molar-refractivity contribution in [3.05, 3.63) is 11.6 Å². The number of allylic oxidation sites excluding steroid dienone is 1. The molecule has 1 amide bonds. The van der Waals surface area contributed by atoms with Crippen LogP contribution in [0.15, 0.2) is 11.6 Å². The van der Waals surface area contributed by atoms with Crippen LogP contribution >= 0.6 is 0 Å². The van der Waals surface area contributed by atoms with E-state index < -0.39 is 11.9 Å². The second kappa shape index (κ2) is 6.57. The highest BCUT2D eigenvalue weighted by molar-refractivity contribution is 5.88.